The zero-order valence-corrected chi connectivity index (χ0v) is 13.7. The fraction of sp³-hybridized carbons (Fsp3) is 0.933. The lowest BCUT2D eigenvalue weighted by atomic mass is 9.86. The van der Waals surface area contributed by atoms with Crippen molar-refractivity contribution in [2.75, 3.05) is 31.8 Å². The van der Waals surface area contributed by atoms with Gasteiger partial charge in [0.1, 0.15) is 0 Å². The molecule has 0 aromatic heterocycles. The van der Waals surface area contributed by atoms with E-state index in [4.69, 9.17) is 4.74 Å². The number of ether oxygens (including phenoxy) is 1. The van der Waals surface area contributed by atoms with Crippen molar-refractivity contribution in [2.24, 2.45) is 5.92 Å². The predicted octanol–water partition coefficient (Wildman–Crippen LogP) is 1.62. The van der Waals surface area contributed by atoms with Crippen molar-refractivity contribution in [2.45, 2.75) is 51.0 Å². The number of sulfone groups is 1. The van der Waals surface area contributed by atoms with E-state index in [2.05, 4.69) is 0 Å². The lowest BCUT2D eigenvalue weighted by Crippen LogP contribution is -2.43. The summed E-state index contributed by atoms with van der Waals surface area (Å²) in [5.41, 5.74) is 0. The van der Waals surface area contributed by atoms with Gasteiger partial charge >= 0.3 is 0 Å². The van der Waals surface area contributed by atoms with Crippen LogP contribution in [0.4, 0.5) is 0 Å². The van der Waals surface area contributed by atoms with Crippen LogP contribution in [0.1, 0.15) is 44.9 Å². The van der Waals surface area contributed by atoms with Crippen LogP contribution >= 0.6 is 0 Å². The summed E-state index contributed by atoms with van der Waals surface area (Å²) in [7, 11) is -1.36. The molecule has 1 aliphatic carbocycles. The summed E-state index contributed by atoms with van der Waals surface area (Å²) < 4.78 is 28.4. The van der Waals surface area contributed by atoms with E-state index >= 15 is 0 Å². The Kier molecular flexibility index (Phi) is 6.05. The van der Waals surface area contributed by atoms with Crippen LogP contribution < -0.4 is 0 Å². The minimum atomic E-state index is -2.97. The molecule has 0 bridgehead atoms. The summed E-state index contributed by atoms with van der Waals surface area (Å²) >= 11 is 0. The van der Waals surface area contributed by atoms with Gasteiger partial charge in [-0.15, -0.1) is 0 Å². The number of methoxy groups -OCH3 is 1. The topological polar surface area (TPSA) is 63.7 Å². The molecule has 2 aliphatic rings. The molecule has 2 fully saturated rings. The van der Waals surface area contributed by atoms with Crippen LogP contribution in [0.5, 0.6) is 0 Å². The number of hydrogen-bond acceptors (Lipinski definition) is 4. The highest BCUT2D eigenvalue weighted by Gasteiger charge is 2.35. The number of rotatable bonds is 6. The van der Waals surface area contributed by atoms with Gasteiger partial charge in [-0.05, 0) is 25.2 Å². The van der Waals surface area contributed by atoms with E-state index < -0.39 is 9.84 Å². The minimum absolute atomic E-state index is 0.112. The molecule has 0 spiro atoms. The molecule has 1 aliphatic heterocycles. The smallest absolute Gasteiger partial charge is 0.223 e. The van der Waals surface area contributed by atoms with Crippen molar-refractivity contribution in [1.29, 1.82) is 0 Å². The van der Waals surface area contributed by atoms with E-state index in [1.807, 2.05) is 0 Å². The molecular weight excluding hydrogens is 290 g/mol. The highest BCUT2D eigenvalue weighted by Crippen LogP contribution is 2.28. The molecule has 21 heavy (non-hydrogen) atoms. The van der Waals surface area contributed by atoms with E-state index in [-0.39, 0.29) is 23.5 Å². The van der Waals surface area contributed by atoms with Crippen molar-refractivity contribution in [3.8, 4) is 0 Å². The van der Waals surface area contributed by atoms with Gasteiger partial charge in [0.2, 0.25) is 5.91 Å². The number of hydrogen-bond donors (Lipinski definition) is 0. The molecule has 0 N–H and O–H groups in total. The quantitative estimate of drug-likeness (QED) is 0.747. The molecule has 0 aromatic rings. The zero-order valence-electron chi connectivity index (χ0n) is 12.9. The molecule has 0 radical (unpaired) electrons. The molecule has 1 saturated carbocycles. The summed E-state index contributed by atoms with van der Waals surface area (Å²) in [6.45, 7) is 0.967. The Bertz CT molecular complexity index is 443. The van der Waals surface area contributed by atoms with Gasteiger partial charge in [-0.2, -0.15) is 0 Å². The molecule has 5 nitrogen and oxygen atoms in total. The first-order valence-corrected chi connectivity index (χ1v) is 9.83. The largest absolute Gasteiger partial charge is 0.383 e. The van der Waals surface area contributed by atoms with Crippen molar-refractivity contribution >= 4 is 15.7 Å². The number of carbonyl (C=O) groups is 1. The van der Waals surface area contributed by atoms with E-state index in [0.29, 0.717) is 31.9 Å². The zero-order chi connectivity index (χ0) is 15.3. The second-order valence-corrected chi connectivity index (χ2v) is 8.57. The summed E-state index contributed by atoms with van der Waals surface area (Å²) in [6.07, 6.45) is 7.11. The summed E-state index contributed by atoms with van der Waals surface area (Å²) in [6, 6.07) is -0.152. The summed E-state index contributed by atoms with van der Waals surface area (Å²) in [4.78, 5) is 14.4. The SMILES string of the molecule is COCCN(C(=O)CC1CCCCC1)C1CCS(=O)(=O)C1. The Morgan fingerprint density at radius 2 is 1.90 bits per heavy atom. The van der Waals surface area contributed by atoms with Crippen molar-refractivity contribution in [3.05, 3.63) is 0 Å². The Morgan fingerprint density at radius 3 is 2.48 bits per heavy atom. The highest BCUT2D eigenvalue weighted by molar-refractivity contribution is 7.91. The average molecular weight is 317 g/mol. The van der Waals surface area contributed by atoms with Crippen molar-refractivity contribution < 1.29 is 17.9 Å². The van der Waals surface area contributed by atoms with E-state index in [0.717, 1.165) is 12.8 Å². The normalized spacial score (nSPS) is 25.9. The van der Waals surface area contributed by atoms with Crippen LogP contribution in [-0.4, -0.2) is 57.0 Å². The second kappa shape index (κ2) is 7.58. The lowest BCUT2D eigenvalue weighted by molar-refractivity contribution is -0.135. The third kappa shape index (κ3) is 4.95. The van der Waals surface area contributed by atoms with Gasteiger partial charge in [-0.25, -0.2) is 8.42 Å². The van der Waals surface area contributed by atoms with Gasteiger partial charge in [-0.1, -0.05) is 19.3 Å². The number of amides is 1. The molecule has 122 valence electrons. The van der Waals surface area contributed by atoms with Gasteiger partial charge in [0, 0.05) is 26.1 Å². The van der Waals surface area contributed by atoms with Crippen LogP contribution in [0.3, 0.4) is 0 Å². The monoisotopic (exact) mass is 317 g/mol. The van der Waals surface area contributed by atoms with Gasteiger partial charge in [-0.3, -0.25) is 4.79 Å². The van der Waals surface area contributed by atoms with E-state index in [1.54, 1.807) is 12.0 Å². The Morgan fingerprint density at radius 1 is 1.19 bits per heavy atom. The van der Waals surface area contributed by atoms with Crippen LogP contribution in [0, 0.1) is 5.92 Å². The molecule has 2 rings (SSSR count). The summed E-state index contributed by atoms with van der Waals surface area (Å²) in [5.74, 6) is 0.917. The molecule has 1 unspecified atom stereocenters. The first kappa shape index (κ1) is 16.7. The van der Waals surface area contributed by atoms with Gasteiger partial charge < -0.3 is 9.64 Å². The van der Waals surface area contributed by atoms with E-state index in [9.17, 15) is 13.2 Å². The molecular formula is C15H27NO4S. The second-order valence-electron chi connectivity index (χ2n) is 6.34. The van der Waals surface area contributed by atoms with Crippen molar-refractivity contribution in [3.63, 3.8) is 0 Å². The maximum Gasteiger partial charge on any atom is 0.223 e. The number of carbonyl (C=O) groups excluding carboxylic acids is 1. The van der Waals surface area contributed by atoms with Gasteiger partial charge in [0.25, 0.3) is 0 Å². The fourth-order valence-electron chi connectivity index (χ4n) is 3.48. The van der Waals surface area contributed by atoms with Gasteiger partial charge in [0.05, 0.1) is 18.1 Å². The number of nitrogens with zero attached hydrogens (tertiary/aromatic N) is 1. The maximum absolute atomic E-state index is 12.6. The maximum atomic E-state index is 12.6. The third-order valence-electron chi connectivity index (χ3n) is 4.69. The average Bonchev–Trinajstić information content (AvgIpc) is 2.80. The van der Waals surface area contributed by atoms with Crippen LogP contribution in [-0.2, 0) is 19.4 Å². The lowest BCUT2D eigenvalue weighted by Gasteiger charge is -2.30. The standard InChI is InChI=1S/C15H27NO4S/c1-20-9-8-16(14-7-10-21(18,19)12-14)15(17)11-13-5-3-2-4-6-13/h13-14H,2-12H2,1H3. The Hall–Kier alpha value is -0.620. The minimum Gasteiger partial charge on any atom is -0.383 e. The predicted molar refractivity (Wildman–Crippen MR) is 81.8 cm³/mol. The molecule has 6 heteroatoms. The van der Waals surface area contributed by atoms with E-state index in [1.165, 1.54) is 19.3 Å². The summed E-state index contributed by atoms with van der Waals surface area (Å²) in [5, 5.41) is 0. The molecule has 1 saturated heterocycles. The molecule has 0 aromatic carbocycles. The first-order valence-electron chi connectivity index (χ1n) is 8.00. The highest BCUT2D eigenvalue weighted by atomic mass is 32.2. The Labute approximate surface area is 127 Å². The molecule has 1 amide bonds. The molecule has 1 atom stereocenters. The van der Waals surface area contributed by atoms with Crippen LogP contribution in [0.2, 0.25) is 0 Å². The van der Waals surface area contributed by atoms with Crippen molar-refractivity contribution in [1.82, 2.24) is 4.90 Å². The van der Waals surface area contributed by atoms with Crippen LogP contribution in [0.15, 0.2) is 0 Å². The van der Waals surface area contributed by atoms with Crippen LogP contribution in [0.25, 0.3) is 0 Å². The third-order valence-corrected chi connectivity index (χ3v) is 6.44. The van der Waals surface area contributed by atoms with Gasteiger partial charge in [0.15, 0.2) is 9.84 Å². The Balaban J connectivity index is 1.95. The first-order chi connectivity index (χ1) is 10.0. The molecule has 1 heterocycles. The fourth-order valence-corrected chi connectivity index (χ4v) is 5.21.